The summed E-state index contributed by atoms with van der Waals surface area (Å²) in [5.41, 5.74) is 6.88. The maximum Gasteiger partial charge on any atom is 0.265 e. The largest absolute Gasteiger partial charge is 0.484 e. The lowest BCUT2D eigenvalue weighted by molar-refractivity contribution is -0.118. The lowest BCUT2D eigenvalue weighted by Gasteiger charge is -2.05. The van der Waals surface area contributed by atoms with E-state index in [1.807, 2.05) is 12.1 Å². The van der Waals surface area contributed by atoms with Crippen LogP contribution in [0.15, 0.2) is 41.9 Å². The van der Waals surface area contributed by atoms with Gasteiger partial charge in [0.25, 0.3) is 11.8 Å². The Bertz CT molecular complexity index is 904. The van der Waals surface area contributed by atoms with Crippen molar-refractivity contribution in [3.05, 3.63) is 51.2 Å². The highest BCUT2D eigenvalue weighted by molar-refractivity contribution is 14.1. The molecule has 128 valence electrons. The smallest absolute Gasteiger partial charge is 0.265 e. The van der Waals surface area contributed by atoms with Gasteiger partial charge in [0.05, 0.1) is 5.69 Å². The quantitative estimate of drug-likeness (QED) is 0.484. The van der Waals surface area contributed by atoms with Crippen molar-refractivity contribution in [2.45, 2.75) is 0 Å². The number of hydrogen-bond acceptors (Lipinski definition) is 5. The molecule has 25 heavy (non-hydrogen) atoms. The molecule has 9 heteroatoms. The Labute approximate surface area is 160 Å². The first-order valence-electron chi connectivity index (χ1n) is 7.13. The number of nitrogens with zero attached hydrogens (tertiary/aromatic N) is 1. The third kappa shape index (κ3) is 4.57. The molecule has 0 unspecified atom stereocenters. The maximum absolute atomic E-state index is 12.0. The molecule has 0 saturated carbocycles. The van der Waals surface area contributed by atoms with Crippen molar-refractivity contribution in [3.63, 3.8) is 0 Å². The zero-order valence-electron chi connectivity index (χ0n) is 12.8. The van der Waals surface area contributed by atoms with Crippen molar-refractivity contribution in [3.8, 4) is 17.0 Å². The molecule has 1 aromatic carbocycles. The normalized spacial score (nSPS) is 10.4. The summed E-state index contributed by atoms with van der Waals surface area (Å²) in [5.74, 6) is -0.212. The van der Waals surface area contributed by atoms with Gasteiger partial charge in [-0.25, -0.2) is 4.98 Å². The summed E-state index contributed by atoms with van der Waals surface area (Å²) in [5, 5.41) is 4.92. The first kappa shape index (κ1) is 17.4. The minimum atomic E-state index is -0.539. The molecular weight excluding hydrogens is 455 g/mol. The van der Waals surface area contributed by atoms with Crippen molar-refractivity contribution in [2.24, 2.45) is 5.73 Å². The van der Waals surface area contributed by atoms with Crippen LogP contribution in [0.2, 0.25) is 0 Å². The van der Waals surface area contributed by atoms with Gasteiger partial charge in [0.1, 0.15) is 11.4 Å². The summed E-state index contributed by atoms with van der Waals surface area (Å²) in [7, 11) is 0. The van der Waals surface area contributed by atoms with Gasteiger partial charge in [-0.2, -0.15) is 0 Å². The first-order valence-corrected chi connectivity index (χ1v) is 9.09. The molecule has 2 heterocycles. The van der Waals surface area contributed by atoms with E-state index in [4.69, 9.17) is 10.5 Å². The molecule has 3 aromatic rings. The number of anilines is 1. The standard InChI is InChI=1S/C16H13IN4O3S/c17-10-1-3-11(4-2-10)24-7-14(22)21-16-20-13(8-25-16)9-5-12(15(18)23)19-6-9/h1-6,8,19H,7H2,(H2,18,23)(H,20,21,22). The molecule has 3 rings (SSSR count). The van der Waals surface area contributed by atoms with Gasteiger partial charge >= 0.3 is 0 Å². The van der Waals surface area contributed by atoms with E-state index in [0.29, 0.717) is 22.3 Å². The Morgan fingerprint density at radius 2 is 2.08 bits per heavy atom. The van der Waals surface area contributed by atoms with Crippen LogP contribution in [0.1, 0.15) is 10.5 Å². The molecule has 0 aliphatic rings. The van der Waals surface area contributed by atoms with Gasteiger partial charge in [-0.05, 0) is 52.9 Å². The molecule has 0 radical (unpaired) electrons. The molecule has 0 aliphatic heterocycles. The van der Waals surface area contributed by atoms with Crippen molar-refractivity contribution in [2.75, 3.05) is 11.9 Å². The van der Waals surface area contributed by atoms with Crippen molar-refractivity contribution in [1.82, 2.24) is 9.97 Å². The Morgan fingerprint density at radius 3 is 2.76 bits per heavy atom. The van der Waals surface area contributed by atoms with E-state index in [9.17, 15) is 9.59 Å². The molecule has 0 spiro atoms. The average Bonchev–Trinajstić information content (AvgIpc) is 3.23. The van der Waals surface area contributed by atoms with Gasteiger partial charge in [-0.15, -0.1) is 11.3 Å². The van der Waals surface area contributed by atoms with Gasteiger partial charge < -0.3 is 15.5 Å². The van der Waals surface area contributed by atoms with E-state index in [1.54, 1.807) is 29.8 Å². The molecule has 0 saturated heterocycles. The van der Waals surface area contributed by atoms with Crippen molar-refractivity contribution < 1.29 is 14.3 Å². The van der Waals surface area contributed by atoms with E-state index in [0.717, 1.165) is 9.13 Å². The van der Waals surface area contributed by atoms with E-state index >= 15 is 0 Å². The van der Waals surface area contributed by atoms with Gasteiger partial charge in [0.2, 0.25) is 0 Å². The summed E-state index contributed by atoms with van der Waals surface area (Å²) in [4.78, 5) is 30.2. The van der Waals surface area contributed by atoms with Crippen molar-refractivity contribution in [1.29, 1.82) is 0 Å². The number of amides is 2. The molecule has 0 aliphatic carbocycles. The van der Waals surface area contributed by atoms with E-state index < -0.39 is 5.91 Å². The predicted molar refractivity (Wildman–Crippen MR) is 104 cm³/mol. The van der Waals surface area contributed by atoms with E-state index in [-0.39, 0.29) is 12.5 Å². The monoisotopic (exact) mass is 468 g/mol. The van der Waals surface area contributed by atoms with Gasteiger partial charge in [0.15, 0.2) is 11.7 Å². The number of carbonyl (C=O) groups is 2. The fourth-order valence-electron chi connectivity index (χ4n) is 1.98. The highest BCUT2D eigenvalue weighted by Gasteiger charge is 2.11. The average molecular weight is 468 g/mol. The van der Waals surface area contributed by atoms with Crippen LogP contribution in [0, 0.1) is 3.57 Å². The zero-order chi connectivity index (χ0) is 17.8. The van der Waals surface area contributed by atoms with Crippen LogP contribution in [0.4, 0.5) is 5.13 Å². The summed E-state index contributed by atoms with van der Waals surface area (Å²) >= 11 is 3.48. The summed E-state index contributed by atoms with van der Waals surface area (Å²) in [6.07, 6.45) is 1.64. The molecule has 4 N–H and O–H groups in total. The third-order valence-electron chi connectivity index (χ3n) is 3.18. The fraction of sp³-hybridized carbons (Fsp3) is 0.0625. The molecule has 0 atom stereocenters. The number of aromatic nitrogens is 2. The van der Waals surface area contributed by atoms with Gasteiger partial charge in [-0.3, -0.25) is 14.9 Å². The number of nitrogens with two attached hydrogens (primary N) is 1. The number of aromatic amines is 1. The Kier molecular flexibility index (Phi) is 5.34. The molecule has 0 fully saturated rings. The van der Waals surface area contributed by atoms with Gasteiger partial charge in [0, 0.05) is 20.7 Å². The minimum absolute atomic E-state index is 0.106. The third-order valence-corrected chi connectivity index (χ3v) is 4.66. The van der Waals surface area contributed by atoms with Crippen LogP contribution in [0.25, 0.3) is 11.3 Å². The maximum atomic E-state index is 12.0. The molecular formula is C16H13IN4O3S. The van der Waals surface area contributed by atoms with Crippen LogP contribution in [0.5, 0.6) is 5.75 Å². The molecule has 2 amide bonds. The first-order chi connectivity index (χ1) is 12.0. The second-order valence-corrected chi connectivity index (χ2v) is 7.10. The fourth-order valence-corrected chi connectivity index (χ4v) is 3.08. The number of rotatable bonds is 6. The number of ether oxygens (including phenoxy) is 1. The number of H-pyrrole nitrogens is 1. The van der Waals surface area contributed by atoms with Crippen LogP contribution in [-0.2, 0) is 4.79 Å². The Morgan fingerprint density at radius 1 is 1.32 bits per heavy atom. The van der Waals surface area contributed by atoms with Crippen molar-refractivity contribution >= 4 is 50.9 Å². The van der Waals surface area contributed by atoms with Gasteiger partial charge in [-0.1, -0.05) is 0 Å². The second-order valence-electron chi connectivity index (χ2n) is 4.99. The van der Waals surface area contributed by atoms with Crippen LogP contribution in [-0.4, -0.2) is 28.4 Å². The predicted octanol–water partition coefficient (Wildman–Crippen LogP) is 2.86. The lowest BCUT2D eigenvalue weighted by Crippen LogP contribution is -2.20. The second kappa shape index (κ2) is 7.66. The van der Waals surface area contributed by atoms with Crippen LogP contribution < -0.4 is 15.8 Å². The lowest BCUT2D eigenvalue weighted by atomic mass is 10.2. The summed E-state index contributed by atoms with van der Waals surface area (Å²) in [6, 6.07) is 9.02. The zero-order valence-corrected chi connectivity index (χ0v) is 15.8. The number of carbonyl (C=O) groups excluding carboxylic acids is 2. The number of benzene rings is 1. The Balaban J connectivity index is 1.57. The number of nitrogens with one attached hydrogen (secondary N) is 2. The number of primary amides is 1. The molecule has 0 bridgehead atoms. The van der Waals surface area contributed by atoms with E-state index in [1.165, 1.54) is 11.3 Å². The highest BCUT2D eigenvalue weighted by Crippen LogP contribution is 2.25. The highest BCUT2D eigenvalue weighted by atomic mass is 127. The summed E-state index contributed by atoms with van der Waals surface area (Å²) < 4.78 is 6.51. The molecule has 2 aromatic heterocycles. The van der Waals surface area contributed by atoms with Crippen LogP contribution in [0.3, 0.4) is 0 Å². The number of hydrogen-bond donors (Lipinski definition) is 3. The summed E-state index contributed by atoms with van der Waals surface area (Å²) in [6.45, 7) is -0.106. The minimum Gasteiger partial charge on any atom is -0.484 e. The SMILES string of the molecule is NC(=O)c1cc(-c2csc(NC(=O)COc3ccc(I)cc3)n2)c[nH]1. The Hall–Kier alpha value is -2.40. The van der Waals surface area contributed by atoms with E-state index in [2.05, 4.69) is 37.9 Å². The number of thiazole rings is 1. The molecule has 7 nitrogen and oxygen atoms in total. The van der Waals surface area contributed by atoms with Crippen LogP contribution >= 0.6 is 33.9 Å². The number of halogens is 1. The topological polar surface area (TPSA) is 110 Å².